The molecule has 0 spiro atoms. The summed E-state index contributed by atoms with van der Waals surface area (Å²) in [7, 11) is 1.59. The van der Waals surface area contributed by atoms with Crippen molar-refractivity contribution in [3.8, 4) is 0 Å². The van der Waals surface area contributed by atoms with Crippen molar-refractivity contribution >= 4 is 21.6 Å². The van der Waals surface area contributed by atoms with Gasteiger partial charge in [-0.05, 0) is 41.6 Å². The molecule has 1 fully saturated rings. The third kappa shape index (κ3) is 3.80. The maximum absolute atomic E-state index is 12.1. The van der Waals surface area contributed by atoms with Crippen molar-refractivity contribution in [1.29, 1.82) is 0 Å². The molecule has 2 N–H and O–H groups in total. The van der Waals surface area contributed by atoms with Crippen LogP contribution in [0.2, 0.25) is 0 Å². The van der Waals surface area contributed by atoms with Crippen LogP contribution in [-0.2, 0) is 11.3 Å². The van der Waals surface area contributed by atoms with Crippen molar-refractivity contribution in [2.24, 2.45) is 0 Å². The highest BCUT2D eigenvalue weighted by Crippen LogP contribution is 2.24. The van der Waals surface area contributed by atoms with Gasteiger partial charge in [-0.15, -0.1) is 0 Å². The fraction of sp³-hybridized carbons (Fsp3) is 0.692. The van der Waals surface area contributed by atoms with E-state index < -0.39 is 0 Å². The molecule has 0 unspecified atom stereocenters. The van der Waals surface area contributed by atoms with Gasteiger partial charge in [-0.2, -0.15) is 5.10 Å². The van der Waals surface area contributed by atoms with Gasteiger partial charge in [0.2, 0.25) is 0 Å². The molecule has 1 aliphatic carbocycles. The Hall–Kier alpha value is -0.920. The number of anilines is 1. The Morgan fingerprint density at radius 3 is 2.85 bits per heavy atom. The molecule has 6 nitrogen and oxygen atoms in total. The van der Waals surface area contributed by atoms with E-state index in [1.165, 1.54) is 4.68 Å². The first-order valence-corrected chi connectivity index (χ1v) is 7.60. The number of aliphatic hydroxyl groups excluding tert-OH is 1. The predicted octanol–water partition coefficient (Wildman–Crippen LogP) is 1.37. The molecule has 20 heavy (non-hydrogen) atoms. The molecule has 7 heteroatoms. The van der Waals surface area contributed by atoms with Crippen LogP contribution in [0.3, 0.4) is 0 Å². The molecule has 0 saturated heterocycles. The molecule has 0 aliphatic heterocycles. The molecule has 0 atom stereocenters. The van der Waals surface area contributed by atoms with Gasteiger partial charge < -0.3 is 15.2 Å². The molecular weight excluding hydrogens is 326 g/mol. The van der Waals surface area contributed by atoms with Gasteiger partial charge in [-0.3, -0.25) is 4.79 Å². The number of aliphatic hydroxyl groups is 1. The van der Waals surface area contributed by atoms with Gasteiger partial charge >= 0.3 is 0 Å². The summed E-state index contributed by atoms with van der Waals surface area (Å²) in [4.78, 5) is 12.1. The minimum atomic E-state index is -0.184. The molecule has 1 aromatic heterocycles. The number of rotatable bonds is 5. The molecular formula is C13H20BrN3O3. The summed E-state index contributed by atoms with van der Waals surface area (Å²) in [5, 5.41) is 17.0. The maximum Gasteiger partial charge on any atom is 0.283 e. The zero-order valence-corrected chi connectivity index (χ0v) is 13.1. The summed E-state index contributed by atoms with van der Waals surface area (Å²) in [6, 6.07) is 0.283. The Labute approximate surface area is 126 Å². The summed E-state index contributed by atoms with van der Waals surface area (Å²) in [6.45, 7) is 0.885. The van der Waals surface area contributed by atoms with Gasteiger partial charge in [0.05, 0.1) is 31.1 Å². The number of nitrogens with one attached hydrogen (secondary N) is 1. The normalized spacial score (nSPS) is 22.8. The van der Waals surface area contributed by atoms with Gasteiger partial charge in [0.15, 0.2) is 0 Å². The van der Waals surface area contributed by atoms with Gasteiger partial charge in [0.25, 0.3) is 5.56 Å². The number of hydrogen-bond donors (Lipinski definition) is 2. The fourth-order valence-electron chi connectivity index (χ4n) is 2.34. The Morgan fingerprint density at radius 1 is 1.50 bits per heavy atom. The molecule has 112 valence electrons. The Balaban J connectivity index is 2.05. The standard InChI is InChI=1S/C13H20BrN3O3/c1-20-7-6-17-13(19)12(14)11(8-15-17)16-9-2-4-10(18)5-3-9/h8-10,16,18H,2-7H2,1H3. The average molecular weight is 346 g/mol. The van der Waals surface area contributed by atoms with Crippen LogP contribution in [0.1, 0.15) is 25.7 Å². The van der Waals surface area contributed by atoms with Crippen molar-refractivity contribution in [1.82, 2.24) is 9.78 Å². The number of aromatic nitrogens is 2. The van der Waals surface area contributed by atoms with Crippen molar-refractivity contribution in [3.05, 3.63) is 21.0 Å². The van der Waals surface area contributed by atoms with Crippen LogP contribution in [0.5, 0.6) is 0 Å². The molecule has 1 aromatic rings. The van der Waals surface area contributed by atoms with Crippen LogP contribution < -0.4 is 10.9 Å². The average Bonchev–Trinajstić information content (AvgIpc) is 2.45. The number of hydrogen-bond acceptors (Lipinski definition) is 5. The third-order valence-corrected chi connectivity index (χ3v) is 4.31. The molecule has 1 saturated carbocycles. The van der Waals surface area contributed by atoms with Gasteiger partial charge in [0, 0.05) is 13.2 Å². The minimum absolute atomic E-state index is 0.164. The topological polar surface area (TPSA) is 76.4 Å². The predicted molar refractivity (Wildman–Crippen MR) is 80.0 cm³/mol. The molecule has 1 aliphatic rings. The molecule has 0 amide bonds. The van der Waals surface area contributed by atoms with E-state index in [4.69, 9.17) is 4.74 Å². The lowest BCUT2D eigenvalue weighted by Gasteiger charge is -2.27. The Morgan fingerprint density at radius 2 is 2.20 bits per heavy atom. The Bertz CT molecular complexity index is 498. The summed E-state index contributed by atoms with van der Waals surface area (Å²) in [6.07, 6.45) is 4.88. The fourth-order valence-corrected chi connectivity index (χ4v) is 2.76. The van der Waals surface area contributed by atoms with Crippen LogP contribution in [-0.4, -0.2) is 40.7 Å². The first kappa shape index (κ1) is 15.5. The zero-order valence-electron chi connectivity index (χ0n) is 11.5. The van der Waals surface area contributed by atoms with Crippen LogP contribution in [0, 0.1) is 0 Å². The van der Waals surface area contributed by atoms with E-state index in [-0.39, 0.29) is 17.7 Å². The molecule has 0 radical (unpaired) electrons. The van der Waals surface area contributed by atoms with Crippen LogP contribution >= 0.6 is 15.9 Å². The van der Waals surface area contributed by atoms with E-state index in [1.54, 1.807) is 13.3 Å². The molecule has 0 aromatic carbocycles. The van der Waals surface area contributed by atoms with Gasteiger partial charge in [-0.25, -0.2) is 4.68 Å². The lowest BCUT2D eigenvalue weighted by atomic mass is 9.93. The highest BCUT2D eigenvalue weighted by Gasteiger charge is 2.20. The number of ether oxygens (including phenoxy) is 1. The molecule has 1 heterocycles. The van der Waals surface area contributed by atoms with Crippen molar-refractivity contribution < 1.29 is 9.84 Å². The van der Waals surface area contributed by atoms with E-state index in [9.17, 15) is 9.90 Å². The first-order chi connectivity index (χ1) is 9.61. The second kappa shape index (κ2) is 7.19. The summed E-state index contributed by atoms with van der Waals surface area (Å²) < 4.78 is 6.82. The van der Waals surface area contributed by atoms with E-state index in [0.717, 1.165) is 25.7 Å². The minimum Gasteiger partial charge on any atom is -0.393 e. The Kier molecular flexibility index (Phi) is 5.56. The van der Waals surface area contributed by atoms with E-state index in [0.29, 0.717) is 23.3 Å². The second-order valence-corrected chi connectivity index (χ2v) is 5.84. The SMILES string of the molecule is COCCn1ncc(NC2CCC(O)CC2)c(Br)c1=O. The number of halogens is 1. The summed E-state index contributed by atoms with van der Waals surface area (Å²) in [5.74, 6) is 0. The van der Waals surface area contributed by atoms with E-state index in [2.05, 4.69) is 26.3 Å². The summed E-state index contributed by atoms with van der Waals surface area (Å²) in [5.41, 5.74) is 0.549. The zero-order chi connectivity index (χ0) is 14.5. The van der Waals surface area contributed by atoms with E-state index in [1.807, 2.05) is 0 Å². The summed E-state index contributed by atoms with van der Waals surface area (Å²) >= 11 is 3.34. The smallest absolute Gasteiger partial charge is 0.283 e. The van der Waals surface area contributed by atoms with Crippen molar-refractivity contribution in [2.45, 2.75) is 44.4 Å². The maximum atomic E-state index is 12.1. The first-order valence-electron chi connectivity index (χ1n) is 6.81. The van der Waals surface area contributed by atoms with Crippen LogP contribution in [0.15, 0.2) is 15.5 Å². The number of methoxy groups -OCH3 is 1. The highest BCUT2D eigenvalue weighted by molar-refractivity contribution is 9.10. The molecule has 2 rings (SSSR count). The quantitative estimate of drug-likeness (QED) is 0.842. The monoisotopic (exact) mass is 345 g/mol. The van der Waals surface area contributed by atoms with Crippen molar-refractivity contribution in [2.75, 3.05) is 19.0 Å². The largest absolute Gasteiger partial charge is 0.393 e. The lowest BCUT2D eigenvalue weighted by molar-refractivity contribution is 0.126. The van der Waals surface area contributed by atoms with Gasteiger partial charge in [0.1, 0.15) is 4.47 Å². The lowest BCUT2D eigenvalue weighted by Crippen LogP contribution is -2.31. The second-order valence-electron chi connectivity index (χ2n) is 5.04. The third-order valence-electron chi connectivity index (χ3n) is 3.55. The van der Waals surface area contributed by atoms with Gasteiger partial charge in [-0.1, -0.05) is 0 Å². The van der Waals surface area contributed by atoms with Crippen molar-refractivity contribution in [3.63, 3.8) is 0 Å². The molecule has 0 bridgehead atoms. The highest BCUT2D eigenvalue weighted by atomic mass is 79.9. The van der Waals surface area contributed by atoms with Crippen LogP contribution in [0.4, 0.5) is 5.69 Å². The van der Waals surface area contributed by atoms with Crippen LogP contribution in [0.25, 0.3) is 0 Å². The number of nitrogens with zero attached hydrogens (tertiary/aromatic N) is 2. The van der Waals surface area contributed by atoms with E-state index >= 15 is 0 Å².